The number of hydrogen-bond donors (Lipinski definition) is 1. The Labute approximate surface area is 216 Å². The van der Waals surface area contributed by atoms with Crippen molar-refractivity contribution in [1.29, 1.82) is 0 Å². The fourth-order valence-electron chi connectivity index (χ4n) is 6.73. The number of likely N-dealkylation sites (tertiary alicyclic amines) is 1. The molecule has 3 saturated heterocycles. The number of amides is 3. The van der Waals surface area contributed by atoms with Crippen LogP contribution in [0.1, 0.15) is 65.7 Å². The molecule has 1 N–H and O–H groups in total. The van der Waals surface area contributed by atoms with E-state index in [9.17, 15) is 14.4 Å². The van der Waals surface area contributed by atoms with Gasteiger partial charge in [-0.15, -0.1) is 13.2 Å². The highest BCUT2D eigenvalue weighted by Crippen LogP contribution is 2.64. The monoisotopic (exact) mass is 503 g/mol. The van der Waals surface area contributed by atoms with E-state index in [-0.39, 0.29) is 30.4 Å². The molecule has 0 aromatic heterocycles. The Morgan fingerprint density at radius 1 is 1.14 bits per heavy atom. The lowest BCUT2D eigenvalue weighted by Gasteiger charge is -2.38. The number of hydrogen-bond acceptors (Lipinski definition) is 5. The van der Waals surface area contributed by atoms with Crippen molar-refractivity contribution < 1.29 is 24.2 Å². The van der Waals surface area contributed by atoms with E-state index in [0.717, 1.165) is 25.7 Å². The highest BCUT2D eigenvalue weighted by atomic mass is 16.5. The number of aliphatic hydroxyl groups excluding tert-OH is 1. The molecule has 5 atom stereocenters. The van der Waals surface area contributed by atoms with Gasteiger partial charge in [-0.05, 0) is 46.0 Å². The van der Waals surface area contributed by atoms with Crippen molar-refractivity contribution in [3.8, 4) is 0 Å². The van der Waals surface area contributed by atoms with Gasteiger partial charge in [0.15, 0.2) is 0 Å². The van der Waals surface area contributed by atoms with Crippen LogP contribution < -0.4 is 0 Å². The summed E-state index contributed by atoms with van der Waals surface area (Å²) in [6.45, 7) is 14.9. The molecule has 36 heavy (non-hydrogen) atoms. The molecule has 0 aromatic carbocycles. The molecule has 0 aromatic rings. The summed E-state index contributed by atoms with van der Waals surface area (Å²) in [6.07, 6.45) is 8.41. The Morgan fingerprint density at radius 2 is 1.81 bits per heavy atom. The van der Waals surface area contributed by atoms with Gasteiger partial charge in [-0.3, -0.25) is 14.4 Å². The first-order valence-electron chi connectivity index (χ1n) is 13.5. The Hall–Kier alpha value is -2.19. The lowest BCUT2D eigenvalue weighted by Crippen LogP contribution is -2.57. The summed E-state index contributed by atoms with van der Waals surface area (Å²) < 4.78 is 6.83. The Kier molecular flexibility index (Phi) is 9.04. The second kappa shape index (κ2) is 11.5. The molecule has 1 spiro atoms. The van der Waals surface area contributed by atoms with Crippen molar-refractivity contribution in [2.75, 3.05) is 33.3 Å². The number of carbonyl (C=O) groups excluding carboxylic acids is 3. The van der Waals surface area contributed by atoms with Crippen LogP contribution in [0, 0.1) is 11.8 Å². The number of rotatable bonds is 14. The molecule has 2 bridgehead atoms. The van der Waals surface area contributed by atoms with Gasteiger partial charge >= 0.3 is 0 Å². The number of fused-ring (bicyclic) bond motifs is 1. The molecule has 202 valence electrons. The van der Waals surface area contributed by atoms with E-state index in [2.05, 4.69) is 13.2 Å². The first kappa shape index (κ1) is 28.4. The van der Waals surface area contributed by atoms with Crippen LogP contribution in [0.5, 0.6) is 0 Å². The topological polar surface area (TPSA) is 90.4 Å². The zero-order valence-electron chi connectivity index (χ0n) is 22.6. The first-order valence-corrected chi connectivity index (χ1v) is 13.5. The number of likely N-dealkylation sites (N-methyl/N-ethyl adjacent to an activating group) is 1. The Bertz CT molecular complexity index is 860. The molecule has 0 aliphatic carbocycles. The highest BCUT2D eigenvalue weighted by Gasteiger charge is 2.78. The SMILES string of the molecule is C=CCN(C)C(=O)[C@@H]1[C@H]2C(=O)N(CCCCCCO)C(C(=O)N(CC=C)C(C)C)C23CC[C@@]1(CC)O3. The lowest BCUT2D eigenvalue weighted by molar-refractivity contribution is -0.155. The molecule has 3 heterocycles. The predicted molar refractivity (Wildman–Crippen MR) is 139 cm³/mol. The standard InChI is InChI=1S/C28H45N3O5/c1-7-16-29(6)24(33)21-22-25(34)31(18-12-10-11-13-19-32)23(26(35)30(17-8-2)20(4)5)28(22)15-14-27(21,9-3)36-28/h7-8,20-23,32H,1-2,9-19H2,3-6H3/t21-,22-,23?,27+,28?/m0/s1. The van der Waals surface area contributed by atoms with Crippen LogP contribution in [0.25, 0.3) is 0 Å². The van der Waals surface area contributed by atoms with E-state index >= 15 is 0 Å². The molecular weight excluding hydrogens is 458 g/mol. The lowest BCUT2D eigenvalue weighted by atomic mass is 9.64. The van der Waals surface area contributed by atoms with Crippen LogP contribution in [-0.4, -0.2) is 94.1 Å². The van der Waals surface area contributed by atoms with E-state index < -0.39 is 29.1 Å². The van der Waals surface area contributed by atoms with Gasteiger partial charge in [0, 0.05) is 39.3 Å². The predicted octanol–water partition coefficient (Wildman–Crippen LogP) is 2.76. The molecule has 0 saturated carbocycles. The number of nitrogens with zero attached hydrogens (tertiary/aromatic N) is 3. The zero-order chi connectivity index (χ0) is 26.7. The zero-order valence-corrected chi connectivity index (χ0v) is 22.6. The smallest absolute Gasteiger partial charge is 0.248 e. The van der Waals surface area contributed by atoms with Crippen molar-refractivity contribution in [1.82, 2.24) is 14.7 Å². The maximum atomic E-state index is 14.2. The Balaban J connectivity index is 2.03. The number of aliphatic hydroxyl groups is 1. The van der Waals surface area contributed by atoms with Crippen molar-refractivity contribution in [2.45, 2.75) is 89.0 Å². The molecule has 0 radical (unpaired) electrons. The summed E-state index contributed by atoms with van der Waals surface area (Å²) in [5.41, 5.74) is -1.74. The van der Waals surface area contributed by atoms with Gasteiger partial charge < -0.3 is 24.5 Å². The van der Waals surface area contributed by atoms with Crippen LogP contribution in [0.15, 0.2) is 25.3 Å². The van der Waals surface area contributed by atoms with Crippen LogP contribution in [0.3, 0.4) is 0 Å². The first-order chi connectivity index (χ1) is 17.2. The third kappa shape index (κ3) is 4.62. The number of unbranched alkanes of at least 4 members (excludes halogenated alkanes) is 3. The fourth-order valence-corrected chi connectivity index (χ4v) is 6.73. The average Bonchev–Trinajstić information content (AvgIpc) is 3.45. The van der Waals surface area contributed by atoms with Crippen LogP contribution in [0.4, 0.5) is 0 Å². The van der Waals surface area contributed by atoms with Crippen LogP contribution >= 0.6 is 0 Å². The second-order valence-electron chi connectivity index (χ2n) is 10.9. The second-order valence-corrected chi connectivity index (χ2v) is 10.9. The molecule has 3 rings (SSSR count). The minimum absolute atomic E-state index is 0.0673. The quantitative estimate of drug-likeness (QED) is 0.291. The van der Waals surface area contributed by atoms with Gasteiger partial charge in [0.25, 0.3) is 0 Å². The Morgan fingerprint density at radius 3 is 2.39 bits per heavy atom. The van der Waals surface area contributed by atoms with E-state index in [0.29, 0.717) is 38.9 Å². The van der Waals surface area contributed by atoms with Crippen molar-refractivity contribution >= 4 is 17.7 Å². The maximum absolute atomic E-state index is 14.2. The van der Waals surface area contributed by atoms with E-state index in [1.807, 2.05) is 20.8 Å². The summed E-state index contributed by atoms with van der Waals surface area (Å²) in [6, 6.07) is -0.825. The summed E-state index contributed by atoms with van der Waals surface area (Å²) in [4.78, 5) is 47.1. The summed E-state index contributed by atoms with van der Waals surface area (Å²) >= 11 is 0. The molecule has 3 aliphatic rings. The van der Waals surface area contributed by atoms with Gasteiger partial charge in [0.2, 0.25) is 17.7 Å². The summed E-state index contributed by atoms with van der Waals surface area (Å²) in [5, 5.41) is 9.11. The van der Waals surface area contributed by atoms with Gasteiger partial charge in [-0.1, -0.05) is 31.9 Å². The van der Waals surface area contributed by atoms with Gasteiger partial charge in [-0.25, -0.2) is 0 Å². The van der Waals surface area contributed by atoms with Crippen LogP contribution in [-0.2, 0) is 19.1 Å². The minimum Gasteiger partial charge on any atom is -0.396 e. The van der Waals surface area contributed by atoms with Crippen molar-refractivity contribution in [3.63, 3.8) is 0 Å². The van der Waals surface area contributed by atoms with E-state index in [1.54, 1.807) is 33.9 Å². The summed E-state index contributed by atoms with van der Waals surface area (Å²) in [7, 11) is 1.73. The fraction of sp³-hybridized carbons (Fsp3) is 0.750. The van der Waals surface area contributed by atoms with E-state index in [1.165, 1.54) is 0 Å². The largest absolute Gasteiger partial charge is 0.396 e. The van der Waals surface area contributed by atoms with Gasteiger partial charge in [-0.2, -0.15) is 0 Å². The normalized spacial score (nSPS) is 30.6. The van der Waals surface area contributed by atoms with Crippen LogP contribution in [0.2, 0.25) is 0 Å². The molecular formula is C28H45N3O5. The summed E-state index contributed by atoms with van der Waals surface area (Å²) in [5.74, 6) is -1.67. The third-order valence-corrected chi connectivity index (χ3v) is 8.50. The molecule has 8 heteroatoms. The maximum Gasteiger partial charge on any atom is 0.248 e. The van der Waals surface area contributed by atoms with Crippen molar-refractivity contribution in [3.05, 3.63) is 25.3 Å². The molecule has 3 aliphatic heterocycles. The van der Waals surface area contributed by atoms with E-state index in [4.69, 9.17) is 9.84 Å². The number of ether oxygens (including phenoxy) is 1. The average molecular weight is 504 g/mol. The molecule has 3 fully saturated rings. The van der Waals surface area contributed by atoms with Gasteiger partial charge in [0.1, 0.15) is 11.6 Å². The third-order valence-electron chi connectivity index (χ3n) is 8.50. The van der Waals surface area contributed by atoms with Gasteiger partial charge in [0.05, 0.1) is 17.4 Å². The minimum atomic E-state index is -1.00. The number of carbonyl (C=O) groups is 3. The highest BCUT2D eigenvalue weighted by molar-refractivity contribution is 5.99. The molecule has 2 unspecified atom stereocenters. The molecule has 8 nitrogen and oxygen atoms in total. The van der Waals surface area contributed by atoms with Crippen molar-refractivity contribution in [2.24, 2.45) is 11.8 Å². The molecule has 3 amide bonds.